The van der Waals surface area contributed by atoms with Crippen molar-refractivity contribution in [3.63, 3.8) is 0 Å². The van der Waals surface area contributed by atoms with Gasteiger partial charge in [-0.15, -0.1) is 11.8 Å². The van der Waals surface area contributed by atoms with Crippen molar-refractivity contribution in [2.24, 2.45) is 0 Å². The zero-order chi connectivity index (χ0) is 16.4. The van der Waals surface area contributed by atoms with E-state index in [-0.39, 0.29) is 0 Å². The van der Waals surface area contributed by atoms with Crippen LogP contribution in [0.3, 0.4) is 0 Å². The van der Waals surface area contributed by atoms with E-state index in [4.69, 9.17) is 0 Å². The van der Waals surface area contributed by atoms with Gasteiger partial charge in [0.25, 0.3) is 0 Å². The van der Waals surface area contributed by atoms with Crippen molar-refractivity contribution in [3.05, 3.63) is 37.3 Å². The smallest absolute Gasteiger partial charge is 0.00719 e. The summed E-state index contributed by atoms with van der Waals surface area (Å²) in [7, 11) is 0. The molecule has 0 nitrogen and oxygen atoms in total. The second kappa shape index (κ2) is 16.4. The molecule has 0 aliphatic carbocycles. The second-order valence-electron chi connectivity index (χ2n) is 6.61. The molecular weight excluding hydrogens is 296 g/mol. The number of unbranched alkanes of at least 4 members (excludes halogenated alkanes) is 13. The molecule has 0 aliphatic heterocycles. The van der Waals surface area contributed by atoms with Crippen LogP contribution in [0.2, 0.25) is 0 Å². The third-order valence-electron chi connectivity index (χ3n) is 4.41. The Balaban J connectivity index is 1.72. The third-order valence-corrected chi connectivity index (χ3v) is 5.50. The van der Waals surface area contributed by atoms with E-state index in [2.05, 4.69) is 37.3 Å². The SMILES string of the molecule is [CH2]CCCCCCCCCCCCCCCSc1ccccc1. The molecule has 0 saturated heterocycles. The Hall–Kier alpha value is -0.430. The number of hydrogen-bond acceptors (Lipinski definition) is 1. The topological polar surface area (TPSA) is 0 Å². The molecule has 0 aliphatic rings. The van der Waals surface area contributed by atoms with Gasteiger partial charge in [-0.05, 0) is 24.3 Å². The van der Waals surface area contributed by atoms with Gasteiger partial charge in [0.05, 0.1) is 0 Å². The molecule has 0 aromatic heterocycles. The van der Waals surface area contributed by atoms with Crippen LogP contribution < -0.4 is 0 Å². The van der Waals surface area contributed by atoms with Gasteiger partial charge in [0, 0.05) is 4.90 Å². The maximum atomic E-state index is 3.90. The molecule has 0 amide bonds. The van der Waals surface area contributed by atoms with Gasteiger partial charge in [-0.2, -0.15) is 0 Å². The van der Waals surface area contributed by atoms with E-state index in [1.807, 2.05) is 11.8 Å². The van der Waals surface area contributed by atoms with Crippen LogP contribution >= 0.6 is 11.8 Å². The molecule has 0 spiro atoms. The van der Waals surface area contributed by atoms with Crippen molar-refractivity contribution in [1.29, 1.82) is 0 Å². The summed E-state index contributed by atoms with van der Waals surface area (Å²) in [6, 6.07) is 10.8. The Morgan fingerprint density at radius 2 is 1.00 bits per heavy atom. The average Bonchev–Trinajstić information content (AvgIpc) is 2.59. The molecule has 23 heavy (non-hydrogen) atoms. The summed E-state index contributed by atoms with van der Waals surface area (Å²) in [5, 5.41) is 0. The van der Waals surface area contributed by atoms with Gasteiger partial charge in [0.1, 0.15) is 0 Å². The molecule has 0 heterocycles. The number of benzene rings is 1. The van der Waals surface area contributed by atoms with Crippen molar-refractivity contribution in [2.75, 3.05) is 5.75 Å². The highest BCUT2D eigenvalue weighted by molar-refractivity contribution is 7.99. The molecule has 131 valence electrons. The third kappa shape index (κ3) is 13.7. The summed E-state index contributed by atoms with van der Waals surface area (Å²) >= 11 is 2.00. The van der Waals surface area contributed by atoms with Crippen LogP contribution in [0.25, 0.3) is 0 Å². The van der Waals surface area contributed by atoms with E-state index in [1.54, 1.807) is 0 Å². The highest BCUT2D eigenvalue weighted by atomic mass is 32.2. The van der Waals surface area contributed by atoms with Gasteiger partial charge in [0.2, 0.25) is 0 Å². The van der Waals surface area contributed by atoms with Crippen molar-refractivity contribution in [3.8, 4) is 0 Å². The molecule has 0 unspecified atom stereocenters. The van der Waals surface area contributed by atoms with Gasteiger partial charge >= 0.3 is 0 Å². The van der Waals surface area contributed by atoms with Crippen LogP contribution in [0.4, 0.5) is 0 Å². The first kappa shape index (κ1) is 20.6. The maximum absolute atomic E-state index is 3.90. The largest absolute Gasteiger partial charge is 0.126 e. The Morgan fingerprint density at radius 3 is 1.48 bits per heavy atom. The fraction of sp³-hybridized carbons (Fsp3) is 0.682. The standard InChI is InChI=1S/C22H37S/c1-2-3-4-5-6-7-8-9-10-11-12-13-14-18-21-23-22-19-16-15-17-20-22/h15-17,19-20H,1-14,18,21H2. The van der Waals surface area contributed by atoms with E-state index >= 15 is 0 Å². The molecule has 0 saturated carbocycles. The summed E-state index contributed by atoms with van der Waals surface area (Å²) in [6.45, 7) is 3.90. The average molecular weight is 334 g/mol. The fourth-order valence-corrected chi connectivity index (χ4v) is 3.86. The second-order valence-corrected chi connectivity index (χ2v) is 7.78. The number of thioether (sulfide) groups is 1. The lowest BCUT2D eigenvalue weighted by Gasteiger charge is -2.03. The van der Waals surface area contributed by atoms with E-state index in [1.165, 1.54) is 94.1 Å². The van der Waals surface area contributed by atoms with E-state index in [0.717, 1.165) is 6.42 Å². The first-order valence-corrected chi connectivity index (χ1v) is 10.9. The molecule has 0 N–H and O–H groups in total. The first-order valence-electron chi connectivity index (χ1n) is 9.90. The maximum Gasteiger partial charge on any atom is 0.00719 e. The fourth-order valence-electron chi connectivity index (χ4n) is 2.93. The minimum atomic E-state index is 1.12. The Kier molecular flexibility index (Phi) is 14.7. The summed E-state index contributed by atoms with van der Waals surface area (Å²) in [6.07, 6.45) is 19.6. The van der Waals surface area contributed by atoms with Crippen molar-refractivity contribution >= 4 is 11.8 Å². The minimum absolute atomic E-state index is 1.12. The predicted molar refractivity (Wildman–Crippen MR) is 107 cm³/mol. The van der Waals surface area contributed by atoms with E-state index < -0.39 is 0 Å². The molecule has 0 fully saturated rings. The zero-order valence-electron chi connectivity index (χ0n) is 15.1. The van der Waals surface area contributed by atoms with Gasteiger partial charge in [-0.25, -0.2) is 0 Å². The lowest BCUT2D eigenvalue weighted by Crippen LogP contribution is -1.84. The van der Waals surface area contributed by atoms with Crippen molar-refractivity contribution < 1.29 is 0 Å². The van der Waals surface area contributed by atoms with Crippen LogP contribution in [0.5, 0.6) is 0 Å². The van der Waals surface area contributed by atoms with Gasteiger partial charge in [-0.3, -0.25) is 0 Å². The van der Waals surface area contributed by atoms with E-state index in [9.17, 15) is 0 Å². The summed E-state index contributed by atoms with van der Waals surface area (Å²) < 4.78 is 0. The lowest BCUT2D eigenvalue weighted by molar-refractivity contribution is 0.540. The highest BCUT2D eigenvalue weighted by Gasteiger charge is 1.95. The molecule has 0 bridgehead atoms. The predicted octanol–water partition coefficient (Wildman–Crippen LogP) is 8.07. The molecule has 1 rings (SSSR count). The number of rotatable bonds is 16. The highest BCUT2D eigenvalue weighted by Crippen LogP contribution is 2.19. The van der Waals surface area contributed by atoms with Crippen molar-refractivity contribution in [1.82, 2.24) is 0 Å². The summed E-state index contributed by atoms with van der Waals surface area (Å²) in [5.74, 6) is 1.28. The normalized spacial score (nSPS) is 11.0. The molecule has 1 aromatic carbocycles. The molecule has 1 radical (unpaired) electrons. The summed E-state index contributed by atoms with van der Waals surface area (Å²) in [5.41, 5.74) is 0. The van der Waals surface area contributed by atoms with E-state index in [0.29, 0.717) is 0 Å². The van der Waals surface area contributed by atoms with Gasteiger partial charge in [-0.1, -0.05) is 109 Å². The van der Waals surface area contributed by atoms with Crippen LogP contribution in [0, 0.1) is 6.92 Å². The molecule has 0 atom stereocenters. The number of hydrogen-bond donors (Lipinski definition) is 0. The van der Waals surface area contributed by atoms with Gasteiger partial charge < -0.3 is 0 Å². The Morgan fingerprint density at radius 1 is 0.565 bits per heavy atom. The van der Waals surface area contributed by atoms with Crippen LogP contribution in [-0.2, 0) is 0 Å². The monoisotopic (exact) mass is 333 g/mol. The van der Waals surface area contributed by atoms with Crippen LogP contribution in [0.15, 0.2) is 35.2 Å². The molecular formula is C22H37S. The first-order chi connectivity index (χ1) is 11.4. The quantitative estimate of drug-likeness (QED) is 0.218. The lowest BCUT2D eigenvalue weighted by atomic mass is 10.0. The molecule has 1 heteroatoms. The zero-order valence-corrected chi connectivity index (χ0v) is 15.9. The summed E-state index contributed by atoms with van der Waals surface area (Å²) in [4.78, 5) is 1.42. The van der Waals surface area contributed by atoms with Crippen LogP contribution in [0.1, 0.15) is 89.9 Å². The Bertz CT molecular complexity index is 333. The van der Waals surface area contributed by atoms with Gasteiger partial charge in [0.15, 0.2) is 0 Å². The Labute approximate surface area is 149 Å². The molecule has 1 aromatic rings. The minimum Gasteiger partial charge on any atom is -0.126 e. The van der Waals surface area contributed by atoms with Crippen LogP contribution in [-0.4, -0.2) is 5.75 Å². The van der Waals surface area contributed by atoms with Crippen molar-refractivity contribution in [2.45, 2.75) is 94.8 Å².